The first-order chi connectivity index (χ1) is 9.31. The molecule has 1 N–H and O–H groups in total. The van der Waals surface area contributed by atoms with E-state index in [9.17, 15) is 9.90 Å². The minimum atomic E-state index is -1.03. The van der Waals surface area contributed by atoms with E-state index in [1.807, 2.05) is 26.0 Å². The second-order valence-electron chi connectivity index (χ2n) is 7.12. The largest absolute Gasteiger partial charge is 0.461 e. The van der Waals surface area contributed by atoms with Crippen LogP contribution in [-0.2, 0) is 19.3 Å². The summed E-state index contributed by atoms with van der Waals surface area (Å²) in [5, 5.41) is 10.9. The zero-order valence-electron chi connectivity index (χ0n) is 12.0. The van der Waals surface area contributed by atoms with E-state index in [0.717, 1.165) is 6.42 Å². The number of carbonyl (C=O) groups excluding carboxylic acids is 1. The van der Waals surface area contributed by atoms with E-state index in [0.29, 0.717) is 6.42 Å². The van der Waals surface area contributed by atoms with Gasteiger partial charge < -0.3 is 9.84 Å². The molecule has 110 valence electrons. The molecule has 0 aromatic carbocycles. The number of rotatable bonds is 0. The minimum absolute atomic E-state index is 0.116. The molecule has 4 rings (SSSR count). The molecule has 7 atom stereocenters. The van der Waals surface area contributed by atoms with Crippen LogP contribution in [0.5, 0.6) is 0 Å². The maximum atomic E-state index is 12.0. The first kappa shape index (κ1) is 12.8. The van der Waals surface area contributed by atoms with Crippen LogP contribution in [0.2, 0.25) is 0 Å². The van der Waals surface area contributed by atoms with Crippen LogP contribution >= 0.6 is 0 Å². The topological polar surface area (TPSA) is 65.0 Å². The van der Waals surface area contributed by atoms with Gasteiger partial charge in [0.2, 0.25) is 0 Å². The Balaban J connectivity index is 1.86. The summed E-state index contributed by atoms with van der Waals surface area (Å²) in [4.78, 5) is 23.1. The first-order valence-electron chi connectivity index (χ1n) is 7.31. The molecule has 3 fully saturated rings. The van der Waals surface area contributed by atoms with E-state index in [-0.39, 0.29) is 29.8 Å². The van der Waals surface area contributed by atoms with E-state index in [1.165, 1.54) is 0 Å². The molecule has 20 heavy (non-hydrogen) atoms. The number of ether oxygens (including phenoxy) is 1. The minimum Gasteiger partial charge on any atom is -0.461 e. The van der Waals surface area contributed by atoms with Crippen molar-refractivity contribution in [2.75, 3.05) is 0 Å². The average molecular weight is 280 g/mol. The van der Waals surface area contributed by atoms with Crippen LogP contribution in [0.25, 0.3) is 0 Å². The Morgan fingerprint density at radius 3 is 2.70 bits per heavy atom. The molecule has 4 aliphatic rings. The van der Waals surface area contributed by atoms with Crippen molar-refractivity contribution in [2.24, 2.45) is 17.8 Å². The average Bonchev–Trinajstić information content (AvgIpc) is 2.92. The highest BCUT2D eigenvalue weighted by Crippen LogP contribution is 2.61. The summed E-state index contributed by atoms with van der Waals surface area (Å²) in [6.07, 6.45) is 4.91. The number of hydrogen-bond donors (Lipinski definition) is 1. The molecule has 0 aromatic heterocycles. The molecule has 0 radical (unpaired) electrons. The van der Waals surface area contributed by atoms with Gasteiger partial charge in [0, 0.05) is 5.92 Å². The van der Waals surface area contributed by atoms with Gasteiger partial charge >= 0.3 is 5.97 Å². The summed E-state index contributed by atoms with van der Waals surface area (Å²) in [5.41, 5.74) is -2.58. The van der Waals surface area contributed by atoms with Crippen molar-refractivity contribution in [2.45, 2.75) is 56.5 Å². The summed E-state index contributed by atoms with van der Waals surface area (Å²) in [6, 6.07) is 0. The van der Waals surface area contributed by atoms with Crippen molar-refractivity contribution in [3.05, 3.63) is 12.2 Å². The van der Waals surface area contributed by atoms with Gasteiger partial charge in [0.05, 0.1) is 17.4 Å². The molecule has 2 bridgehead atoms. The van der Waals surface area contributed by atoms with Gasteiger partial charge in [0.15, 0.2) is 5.60 Å². The Kier molecular flexibility index (Phi) is 2.21. The standard InChI is InChI=1S/C15H20O5/c1-8-9-4-5-14(3,17)15-7-6-13(2,19-20-15)11(15)10(9)18-12(8)16/h6-11,17H,4-5H2,1-3H3. The second-order valence-corrected chi connectivity index (χ2v) is 7.12. The number of carbonyl (C=O) groups is 1. The summed E-state index contributed by atoms with van der Waals surface area (Å²) in [5.74, 6) is -0.349. The molecule has 0 spiro atoms. The molecular weight excluding hydrogens is 260 g/mol. The fraction of sp³-hybridized carbons (Fsp3) is 0.800. The Labute approximate surface area is 117 Å². The van der Waals surface area contributed by atoms with Gasteiger partial charge in [-0.2, -0.15) is 0 Å². The first-order valence-corrected chi connectivity index (χ1v) is 7.31. The molecule has 5 nitrogen and oxygen atoms in total. The van der Waals surface area contributed by atoms with Gasteiger partial charge in [-0.3, -0.25) is 4.79 Å². The van der Waals surface area contributed by atoms with Crippen LogP contribution in [-0.4, -0.2) is 34.0 Å². The maximum Gasteiger partial charge on any atom is 0.309 e. The SMILES string of the molecule is CC1C(=O)OC2C1CCC(C)(O)C13C=CC(C)(OO1)C23. The fourth-order valence-corrected chi connectivity index (χ4v) is 4.58. The molecular formula is C15H20O5. The zero-order chi connectivity index (χ0) is 14.3. The van der Waals surface area contributed by atoms with Crippen molar-refractivity contribution < 1.29 is 24.4 Å². The van der Waals surface area contributed by atoms with E-state index in [1.54, 1.807) is 6.92 Å². The highest BCUT2D eigenvalue weighted by Gasteiger charge is 2.73. The van der Waals surface area contributed by atoms with Gasteiger partial charge in [-0.15, -0.1) is 0 Å². The van der Waals surface area contributed by atoms with E-state index in [2.05, 4.69) is 0 Å². The molecule has 1 saturated carbocycles. The van der Waals surface area contributed by atoms with Crippen LogP contribution in [0, 0.1) is 17.8 Å². The van der Waals surface area contributed by atoms with Crippen molar-refractivity contribution in [3.63, 3.8) is 0 Å². The molecule has 5 heteroatoms. The monoisotopic (exact) mass is 280 g/mol. The van der Waals surface area contributed by atoms with Crippen LogP contribution in [0.4, 0.5) is 0 Å². The van der Waals surface area contributed by atoms with Crippen molar-refractivity contribution in [1.82, 2.24) is 0 Å². The lowest BCUT2D eigenvalue weighted by Crippen LogP contribution is -2.56. The zero-order valence-corrected chi connectivity index (χ0v) is 12.0. The third kappa shape index (κ3) is 1.23. The lowest BCUT2D eigenvalue weighted by atomic mass is 9.70. The lowest BCUT2D eigenvalue weighted by Gasteiger charge is -2.39. The van der Waals surface area contributed by atoms with E-state index >= 15 is 0 Å². The number of aliphatic hydroxyl groups is 1. The smallest absolute Gasteiger partial charge is 0.309 e. The Bertz CT molecular complexity index is 512. The van der Waals surface area contributed by atoms with E-state index in [4.69, 9.17) is 14.5 Å². The molecule has 2 saturated heterocycles. The summed E-state index contributed by atoms with van der Waals surface area (Å²) >= 11 is 0. The molecule has 7 unspecified atom stereocenters. The molecule has 2 aliphatic carbocycles. The summed E-state index contributed by atoms with van der Waals surface area (Å²) in [7, 11) is 0. The van der Waals surface area contributed by atoms with E-state index < -0.39 is 16.8 Å². The molecule has 0 aromatic rings. The Morgan fingerprint density at radius 1 is 1.30 bits per heavy atom. The summed E-state index contributed by atoms with van der Waals surface area (Å²) in [6.45, 7) is 5.63. The quantitative estimate of drug-likeness (QED) is 0.412. The highest BCUT2D eigenvalue weighted by atomic mass is 17.2. The third-order valence-electron chi connectivity index (χ3n) is 5.92. The lowest BCUT2D eigenvalue weighted by molar-refractivity contribution is -0.360. The van der Waals surface area contributed by atoms with Gasteiger partial charge in [-0.25, -0.2) is 9.78 Å². The molecule has 2 heterocycles. The maximum absolute atomic E-state index is 12.0. The number of fused-ring (bicyclic) bond motifs is 1. The van der Waals surface area contributed by atoms with Gasteiger partial charge in [-0.1, -0.05) is 13.0 Å². The number of hydrogen-bond acceptors (Lipinski definition) is 5. The van der Waals surface area contributed by atoms with Crippen molar-refractivity contribution in [1.29, 1.82) is 0 Å². The van der Waals surface area contributed by atoms with Crippen molar-refractivity contribution >= 4 is 5.97 Å². The number of esters is 1. The highest BCUT2D eigenvalue weighted by molar-refractivity contribution is 5.75. The van der Waals surface area contributed by atoms with Crippen LogP contribution in [0.15, 0.2) is 12.2 Å². The predicted octanol–water partition coefficient (Wildman–Crippen LogP) is 1.35. The summed E-state index contributed by atoms with van der Waals surface area (Å²) < 4.78 is 5.66. The van der Waals surface area contributed by atoms with Gasteiger partial charge in [0.25, 0.3) is 0 Å². The van der Waals surface area contributed by atoms with Gasteiger partial charge in [-0.05, 0) is 32.8 Å². The van der Waals surface area contributed by atoms with Crippen LogP contribution < -0.4 is 0 Å². The van der Waals surface area contributed by atoms with Gasteiger partial charge in [0.1, 0.15) is 11.7 Å². The van der Waals surface area contributed by atoms with Crippen molar-refractivity contribution in [3.8, 4) is 0 Å². The molecule has 0 amide bonds. The Morgan fingerprint density at radius 2 is 2.05 bits per heavy atom. The normalized spacial score (nSPS) is 60.1. The second kappa shape index (κ2) is 3.46. The van der Waals surface area contributed by atoms with Crippen LogP contribution in [0.1, 0.15) is 33.6 Å². The predicted molar refractivity (Wildman–Crippen MR) is 68.3 cm³/mol. The Hall–Kier alpha value is -0.910. The fourth-order valence-electron chi connectivity index (χ4n) is 4.58. The molecule has 2 aliphatic heterocycles. The van der Waals surface area contributed by atoms with Crippen LogP contribution in [0.3, 0.4) is 0 Å². The third-order valence-corrected chi connectivity index (χ3v) is 5.92.